The number of esters is 1. The number of carbonyl (C=O) groups excluding carboxylic acids is 2. The van der Waals surface area contributed by atoms with Crippen molar-refractivity contribution in [3.05, 3.63) is 77.9 Å². The molecule has 0 fully saturated rings. The number of ether oxygens (including phenoxy) is 1. The van der Waals surface area contributed by atoms with Gasteiger partial charge in [0.2, 0.25) is 0 Å². The molecule has 0 aromatic heterocycles. The number of hydrogen-bond acceptors (Lipinski definition) is 4. The minimum absolute atomic E-state index is 0.00687. The minimum atomic E-state index is -0.480. The molecule has 2 aromatic carbocycles. The first-order chi connectivity index (χ1) is 13.0. The second kappa shape index (κ2) is 10.4. The molecule has 0 saturated heterocycles. The molecular formula is C23H27NO3. The minimum Gasteiger partial charge on any atom is -0.468 e. The summed E-state index contributed by atoms with van der Waals surface area (Å²) in [4.78, 5) is 24.7. The van der Waals surface area contributed by atoms with Crippen LogP contribution >= 0.6 is 0 Å². The Morgan fingerprint density at radius 2 is 1.59 bits per heavy atom. The van der Waals surface area contributed by atoms with E-state index in [9.17, 15) is 9.59 Å². The molecule has 2 atom stereocenters. The van der Waals surface area contributed by atoms with Crippen molar-refractivity contribution >= 4 is 17.8 Å². The maximum absolute atomic E-state index is 12.5. The Balaban J connectivity index is 2.16. The van der Waals surface area contributed by atoms with E-state index < -0.39 is 6.04 Å². The summed E-state index contributed by atoms with van der Waals surface area (Å²) >= 11 is 0. The van der Waals surface area contributed by atoms with E-state index in [1.165, 1.54) is 7.11 Å². The third-order valence-corrected chi connectivity index (χ3v) is 4.37. The first-order valence-corrected chi connectivity index (χ1v) is 9.16. The van der Waals surface area contributed by atoms with E-state index in [4.69, 9.17) is 4.74 Å². The number of hydrogen-bond donors (Lipinski definition) is 1. The molecular weight excluding hydrogens is 338 g/mol. The Bertz CT molecular complexity index is 754. The number of nitrogens with one attached hydrogen (secondary N) is 1. The van der Waals surface area contributed by atoms with Gasteiger partial charge >= 0.3 is 5.97 Å². The summed E-state index contributed by atoms with van der Waals surface area (Å²) in [6.45, 7) is 3.90. The van der Waals surface area contributed by atoms with Gasteiger partial charge in [0.1, 0.15) is 6.04 Å². The third-order valence-electron chi connectivity index (χ3n) is 4.37. The molecule has 0 aliphatic carbocycles. The molecule has 0 bridgehead atoms. The highest BCUT2D eigenvalue weighted by Crippen LogP contribution is 2.20. The van der Waals surface area contributed by atoms with Gasteiger partial charge < -0.3 is 4.74 Å². The first kappa shape index (κ1) is 20.6. The van der Waals surface area contributed by atoms with E-state index in [1.54, 1.807) is 6.08 Å². The van der Waals surface area contributed by atoms with Crippen molar-refractivity contribution in [1.82, 2.24) is 5.32 Å². The fraction of sp³-hybridized carbons (Fsp3) is 0.304. The lowest BCUT2D eigenvalue weighted by Crippen LogP contribution is -2.44. The number of methoxy groups -OCH3 is 1. The van der Waals surface area contributed by atoms with E-state index in [1.807, 2.05) is 80.6 Å². The summed E-state index contributed by atoms with van der Waals surface area (Å²) in [6.07, 6.45) is 3.66. The molecule has 142 valence electrons. The van der Waals surface area contributed by atoms with Gasteiger partial charge in [0, 0.05) is 12.5 Å². The van der Waals surface area contributed by atoms with E-state index in [0.717, 1.165) is 11.1 Å². The highest BCUT2D eigenvalue weighted by atomic mass is 16.5. The first-order valence-electron chi connectivity index (χ1n) is 9.16. The Hall–Kier alpha value is -2.72. The Morgan fingerprint density at radius 3 is 2.15 bits per heavy atom. The van der Waals surface area contributed by atoms with Crippen LogP contribution in [0.1, 0.15) is 37.4 Å². The lowest BCUT2D eigenvalue weighted by Gasteiger charge is -2.26. The molecule has 0 amide bonds. The molecule has 1 unspecified atom stereocenters. The van der Waals surface area contributed by atoms with Gasteiger partial charge in [-0.2, -0.15) is 0 Å². The number of allylic oxidation sites excluding steroid dienone is 1. The zero-order chi connectivity index (χ0) is 19.6. The molecule has 0 saturated carbocycles. The fourth-order valence-electron chi connectivity index (χ4n) is 2.86. The predicted molar refractivity (Wildman–Crippen MR) is 108 cm³/mol. The largest absolute Gasteiger partial charge is 0.468 e. The van der Waals surface area contributed by atoms with E-state index in [2.05, 4.69) is 5.32 Å². The Morgan fingerprint density at radius 1 is 1.00 bits per heavy atom. The lowest BCUT2D eigenvalue weighted by atomic mass is 9.97. The SMILES string of the molecule is COC(=O)[C@@H](NC(CC(=O)/C=C\c1ccccc1)c1ccccc1)C(C)C. The zero-order valence-corrected chi connectivity index (χ0v) is 16.1. The molecule has 4 heteroatoms. The highest BCUT2D eigenvalue weighted by molar-refractivity contribution is 5.94. The zero-order valence-electron chi connectivity index (χ0n) is 16.1. The average molecular weight is 365 g/mol. The molecule has 27 heavy (non-hydrogen) atoms. The summed E-state index contributed by atoms with van der Waals surface area (Å²) in [5.74, 6) is -0.288. The maximum Gasteiger partial charge on any atom is 0.323 e. The second-order valence-electron chi connectivity index (χ2n) is 6.79. The van der Waals surface area contributed by atoms with Gasteiger partial charge in [-0.05, 0) is 23.1 Å². The van der Waals surface area contributed by atoms with Gasteiger partial charge in [0.15, 0.2) is 5.78 Å². The van der Waals surface area contributed by atoms with E-state index in [-0.39, 0.29) is 30.1 Å². The molecule has 2 rings (SSSR count). The predicted octanol–water partition coefficient (Wildman–Crippen LogP) is 4.19. The van der Waals surface area contributed by atoms with Gasteiger partial charge in [-0.15, -0.1) is 0 Å². The van der Waals surface area contributed by atoms with Crippen molar-refractivity contribution in [3.63, 3.8) is 0 Å². The van der Waals surface area contributed by atoms with Crippen LogP contribution in [0.15, 0.2) is 66.7 Å². The van der Waals surface area contributed by atoms with Crippen molar-refractivity contribution < 1.29 is 14.3 Å². The number of benzene rings is 2. The van der Waals surface area contributed by atoms with E-state index in [0.29, 0.717) is 0 Å². The monoisotopic (exact) mass is 365 g/mol. The summed E-state index contributed by atoms with van der Waals surface area (Å²) in [5.41, 5.74) is 1.94. The van der Waals surface area contributed by atoms with Crippen molar-refractivity contribution in [1.29, 1.82) is 0 Å². The van der Waals surface area contributed by atoms with Gasteiger partial charge in [-0.3, -0.25) is 14.9 Å². The number of ketones is 1. The maximum atomic E-state index is 12.5. The number of rotatable bonds is 9. The molecule has 0 heterocycles. The lowest BCUT2D eigenvalue weighted by molar-refractivity contribution is -0.144. The van der Waals surface area contributed by atoms with Crippen LogP contribution in [-0.2, 0) is 14.3 Å². The third kappa shape index (κ3) is 6.50. The number of carbonyl (C=O) groups is 2. The smallest absolute Gasteiger partial charge is 0.323 e. The Labute approximate surface area is 161 Å². The second-order valence-corrected chi connectivity index (χ2v) is 6.79. The van der Waals surface area contributed by atoms with Crippen LogP contribution in [0.4, 0.5) is 0 Å². The van der Waals surface area contributed by atoms with Crippen molar-refractivity contribution in [2.75, 3.05) is 7.11 Å². The Kier molecular flexibility index (Phi) is 7.96. The molecule has 0 aliphatic rings. The topological polar surface area (TPSA) is 55.4 Å². The van der Waals surface area contributed by atoms with Crippen molar-refractivity contribution in [2.45, 2.75) is 32.4 Å². The molecule has 4 nitrogen and oxygen atoms in total. The fourth-order valence-corrected chi connectivity index (χ4v) is 2.86. The molecule has 0 radical (unpaired) electrons. The quantitative estimate of drug-likeness (QED) is 0.535. The molecule has 0 spiro atoms. The van der Waals surface area contributed by atoms with Gasteiger partial charge in [0.25, 0.3) is 0 Å². The standard InChI is InChI=1S/C23H27NO3/c1-17(2)22(23(26)27-3)24-21(19-12-8-5-9-13-19)16-20(25)15-14-18-10-6-4-7-11-18/h4-15,17,21-22,24H,16H2,1-3H3/b15-14-/t21?,22-/m0/s1. The van der Waals surface area contributed by atoms with Crippen molar-refractivity contribution in [3.8, 4) is 0 Å². The van der Waals surface area contributed by atoms with Gasteiger partial charge in [0.05, 0.1) is 7.11 Å². The summed E-state index contributed by atoms with van der Waals surface area (Å²) in [5, 5.41) is 3.32. The summed E-state index contributed by atoms with van der Waals surface area (Å²) in [7, 11) is 1.38. The van der Waals surface area contributed by atoms with Crippen LogP contribution in [-0.4, -0.2) is 24.9 Å². The summed E-state index contributed by atoms with van der Waals surface area (Å²) < 4.78 is 4.92. The van der Waals surface area contributed by atoms with E-state index >= 15 is 0 Å². The molecule has 1 N–H and O–H groups in total. The van der Waals surface area contributed by atoms with Crippen LogP contribution < -0.4 is 5.32 Å². The van der Waals surface area contributed by atoms with Crippen LogP contribution in [0.5, 0.6) is 0 Å². The van der Waals surface area contributed by atoms with Gasteiger partial charge in [-0.1, -0.05) is 80.6 Å². The van der Waals surface area contributed by atoms with Crippen LogP contribution in [0, 0.1) is 5.92 Å². The molecule has 0 aliphatic heterocycles. The van der Waals surface area contributed by atoms with Crippen molar-refractivity contribution in [2.24, 2.45) is 5.92 Å². The van der Waals surface area contributed by atoms with Gasteiger partial charge in [-0.25, -0.2) is 0 Å². The highest BCUT2D eigenvalue weighted by Gasteiger charge is 2.27. The summed E-state index contributed by atoms with van der Waals surface area (Å²) in [6, 6.07) is 18.6. The average Bonchev–Trinajstić information content (AvgIpc) is 2.70. The van der Waals surface area contributed by atoms with Crippen LogP contribution in [0.25, 0.3) is 6.08 Å². The molecule has 2 aromatic rings. The van der Waals surface area contributed by atoms with Crippen LogP contribution in [0.3, 0.4) is 0 Å². The normalized spacial score (nSPS) is 13.5. The van der Waals surface area contributed by atoms with Crippen LogP contribution in [0.2, 0.25) is 0 Å².